The minimum absolute atomic E-state index is 0.267. The lowest BCUT2D eigenvalue weighted by atomic mass is 9.92. The van der Waals surface area contributed by atoms with Crippen LogP contribution in [0.15, 0.2) is 41.4 Å². The highest BCUT2D eigenvalue weighted by Gasteiger charge is 2.33. The Labute approximate surface area is 149 Å². The molecule has 0 aliphatic rings. The number of ether oxygens (including phenoxy) is 1. The summed E-state index contributed by atoms with van der Waals surface area (Å²) in [6.07, 6.45) is 1.68. The van der Waals surface area contributed by atoms with Gasteiger partial charge in [-0.1, -0.05) is 34.1 Å². The van der Waals surface area contributed by atoms with Crippen molar-refractivity contribution in [2.24, 2.45) is 0 Å². The van der Waals surface area contributed by atoms with Crippen LogP contribution >= 0.6 is 15.9 Å². The molecule has 0 amide bonds. The fourth-order valence-corrected chi connectivity index (χ4v) is 3.03. The molecule has 0 saturated carbocycles. The van der Waals surface area contributed by atoms with Gasteiger partial charge in [0.15, 0.2) is 0 Å². The molecule has 0 aromatic heterocycles. The zero-order valence-electron chi connectivity index (χ0n) is 14.0. The largest absolute Gasteiger partial charge is 0.465 e. The number of rotatable bonds is 7. The van der Waals surface area contributed by atoms with Gasteiger partial charge in [0.1, 0.15) is 6.04 Å². The van der Waals surface area contributed by atoms with E-state index in [2.05, 4.69) is 27.2 Å². The van der Waals surface area contributed by atoms with Crippen LogP contribution < -0.4 is 4.72 Å². The average Bonchev–Trinajstić information content (AvgIpc) is 2.47. The second-order valence-electron chi connectivity index (χ2n) is 6.04. The van der Waals surface area contributed by atoms with Crippen molar-refractivity contribution >= 4 is 32.9 Å². The third-order valence-electron chi connectivity index (χ3n) is 3.20. The van der Waals surface area contributed by atoms with Crippen molar-refractivity contribution in [1.29, 1.82) is 0 Å². The highest BCUT2D eigenvalue weighted by molar-refractivity contribution is 9.10. The van der Waals surface area contributed by atoms with Crippen LogP contribution in [0.4, 0.5) is 0 Å². The van der Waals surface area contributed by atoms with Gasteiger partial charge in [-0.05, 0) is 45.4 Å². The zero-order valence-corrected chi connectivity index (χ0v) is 16.4. The summed E-state index contributed by atoms with van der Waals surface area (Å²) in [5.41, 5.74) is 0.902. The van der Waals surface area contributed by atoms with Crippen molar-refractivity contribution in [2.75, 3.05) is 6.61 Å². The highest BCUT2D eigenvalue weighted by Crippen LogP contribution is 2.25. The molecule has 0 radical (unpaired) electrons. The maximum Gasteiger partial charge on any atom is 0.325 e. The van der Waals surface area contributed by atoms with Gasteiger partial charge in [0.05, 0.1) is 22.3 Å². The monoisotopic (exact) mass is 401 g/mol. The molecule has 0 aliphatic carbocycles. The van der Waals surface area contributed by atoms with E-state index in [9.17, 15) is 9.00 Å². The molecular weight excluding hydrogens is 378 g/mol. The molecule has 3 atom stereocenters. The minimum atomic E-state index is -1.40. The quantitative estimate of drug-likeness (QED) is 0.559. The van der Waals surface area contributed by atoms with Crippen LogP contribution in [0.3, 0.4) is 0 Å². The zero-order chi connectivity index (χ0) is 17.6. The van der Waals surface area contributed by atoms with Crippen LogP contribution in [-0.4, -0.2) is 27.6 Å². The van der Waals surface area contributed by atoms with Crippen molar-refractivity contribution in [3.63, 3.8) is 0 Å². The van der Waals surface area contributed by atoms with Crippen LogP contribution in [0.1, 0.15) is 39.2 Å². The van der Waals surface area contributed by atoms with Crippen LogP contribution in [0.5, 0.6) is 0 Å². The molecule has 4 nitrogen and oxygen atoms in total. The molecule has 0 saturated heterocycles. The summed E-state index contributed by atoms with van der Waals surface area (Å²) in [5.74, 6) is -0.772. The van der Waals surface area contributed by atoms with Gasteiger partial charge >= 0.3 is 5.97 Å². The van der Waals surface area contributed by atoms with E-state index in [-0.39, 0.29) is 12.5 Å². The summed E-state index contributed by atoms with van der Waals surface area (Å²) in [4.78, 5) is 12.4. The number of nitrogens with one attached hydrogen (secondary N) is 1. The smallest absolute Gasteiger partial charge is 0.325 e. The Kier molecular flexibility index (Phi) is 7.64. The number of esters is 1. The Morgan fingerprint density at radius 3 is 2.39 bits per heavy atom. The summed E-state index contributed by atoms with van der Waals surface area (Å²) in [6, 6.07) is 6.85. The molecule has 1 N–H and O–H groups in total. The third kappa shape index (κ3) is 5.86. The van der Waals surface area contributed by atoms with E-state index in [0.29, 0.717) is 0 Å². The lowest BCUT2D eigenvalue weighted by Gasteiger charge is -2.27. The topological polar surface area (TPSA) is 55.4 Å². The van der Waals surface area contributed by atoms with Gasteiger partial charge in [-0.2, -0.15) is 0 Å². The fourth-order valence-electron chi connectivity index (χ4n) is 1.94. The number of hydrogen-bond donors (Lipinski definition) is 1. The van der Waals surface area contributed by atoms with Gasteiger partial charge in [0.2, 0.25) is 0 Å². The van der Waals surface area contributed by atoms with Crippen molar-refractivity contribution < 1.29 is 13.7 Å². The molecule has 0 bridgehead atoms. The van der Waals surface area contributed by atoms with Crippen molar-refractivity contribution in [3.8, 4) is 0 Å². The number of halogens is 1. The summed E-state index contributed by atoms with van der Waals surface area (Å²) in [7, 11) is -1.40. The first-order valence-corrected chi connectivity index (χ1v) is 9.37. The normalized spacial score (nSPS) is 15.5. The molecule has 1 unspecified atom stereocenters. The Morgan fingerprint density at radius 2 is 1.96 bits per heavy atom. The minimum Gasteiger partial charge on any atom is -0.465 e. The van der Waals surface area contributed by atoms with E-state index in [1.165, 1.54) is 0 Å². The Balaban J connectivity index is 3.14. The highest BCUT2D eigenvalue weighted by atomic mass is 79.9. The number of carbonyl (C=O) groups excluding carboxylic acids is 1. The molecule has 128 valence electrons. The number of carbonyl (C=O) groups is 1. The van der Waals surface area contributed by atoms with E-state index in [1.807, 2.05) is 45.0 Å². The van der Waals surface area contributed by atoms with E-state index >= 15 is 0 Å². The maximum atomic E-state index is 12.4. The number of hydrogen-bond acceptors (Lipinski definition) is 3. The van der Waals surface area contributed by atoms with Gasteiger partial charge in [-0.15, -0.1) is 6.58 Å². The van der Waals surface area contributed by atoms with Gasteiger partial charge in [0, 0.05) is 10.4 Å². The summed E-state index contributed by atoms with van der Waals surface area (Å²) in [6.45, 7) is 11.4. The van der Waals surface area contributed by atoms with Crippen molar-refractivity contribution in [3.05, 3.63) is 47.0 Å². The first kappa shape index (κ1) is 20.1. The van der Waals surface area contributed by atoms with E-state index in [4.69, 9.17) is 4.74 Å². The predicted octanol–water partition coefficient (Wildman–Crippen LogP) is 3.70. The molecule has 6 heteroatoms. The van der Waals surface area contributed by atoms with E-state index < -0.39 is 27.7 Å². The standard InChI is InChI=1S/C17H24BrNO3S/c1-6-14(12-8-10-13(18)11-9-12)15(16(20)22-7-2)19-23(21)17(3,4)5/h6,8-11,14-15,19H,1,7H2,2-5H3/t14-,15-,23?/m0/s1. The Hall–Kier alpha value is -0.980. The van der Waals surface area contributed by atoms with Gasteiger partial charge in [-0.3, -0.25) is 4.79 Å². The second-order valence-corrected chi connectivity index (χ2v) is 8.96. The van der Waals surface area contributed by atoms with Crippen molar-refractivity contribution in [1.82, 2.24) is 4.72 Å². The van der Waals surface area contributed by atoms with Crippen LogP contribution in [0.25, 0.3) is 0 Å². The van der Waals surface area contributed by atoms with Crippen molar-refractivity contribution in [2.45, 2.75) is 44.4 Å². The summed E-state index contributed by atoms with van der Waals surface area (Å²) < 4.78 is 21.0. The first-order valence-electron chi connectivity index (χ1n) is 7.43. The average molecular weight is 402 g/mol. The lowest BCUT2D eigenvalue weighted by Crippen LogP contribution is -2.47. The molecule has 1 rings (SSSR count). The van der Waals surface area contributed by atoms with Gasteiger partial charge in [0.25, 0.3) is 0 Å². The molecule has 1 aromatic rings. The summed E-state index contributed by atoms with van der Waals surface area (Å²) >= 11 is 3.39. The predicted molar refractivity (Wildman–Crippen MR) is 98.5 cm³/mol. The third-order valence-corrected chi connectivity index (χ3v) is 5.31. The maximum absolute atomic E-state index is 12.4. The lowest BCUT2D eigenvalue weighted by molar-refractivity contribution is -0.145. The summed E-state index contributed by atoms with van der Waals surface area (Å²) in [5, 5.41) is 0. The second kappa shape index (κ2) is 8.76. The SMILES string of the molecule is C=C[C@@H](c1ccc(Br)cc1)[C@H](NS(=O)C(C)(C)C)C(=O)OCC. The van der Waals surface area contributed by atoms with E-state index in [0.717, 1.165) is 10.0 Å². The van der Waals surface area contributed by atoms with E-state index in [1.54, 1.807) is 13.0 Å². The van der Waals surface area contributed by atoms with Crippen LogP contribution in [-0.2, 0) is 20.5 Å². The first-order chi connectivity index (χ1) is 10.7. The molecule has 0 aliphatic heterocycles. The van der Waals surface area contributed by atoms with Crippen LogP contribution in [0.2, 0.25) is 0 Å². The fraction of sp³-hybridized carbons (Fsp3) is 0.471. The Morgan fingerprint density at radius 1 is 1.39 bits per heavy atom. The molecular formula is C17H24BrNO3S. The molecule has 23 heavy (non-hydrogen) atoms. The molecule has 0 heterocycles. The van der Waals surface area contributed by atoms with Gasteiger partial charge < -0.3 is 4.74 Å². The van der Waals surface area contributed by atoms with Gasteiger partial charge in [-0.25, -0.2) is 8.93 Å². The molecule has 0 fully saturated rings. The molecule has 0 spiro atoms. The molecule has 1 aromatic carbocycles. The van der Waals surface area contributed by atoms with Crippen LogP contribution in [0, 0.1) is 0 Å². The Bertz CT molecular complexity index is 566. The number of benzene rings is 1.